The molecule has 2 aromatic heterocycles. The Bertz CT molecular complexity index is 1880. The van der Waals surface area contributed by atoms with Gasteiger partial charge in [-0.3, -0.25) is 0 Å². The summed E-state index contributed by atoms with van der Waals surface area (Å²) in [5.74, 6) is 0. The second kappa shape index (κ2) is 5.68. The molecule has 7 aromatic rings. The minimum Gasteiger partial charge on any atom is -0.353 e. The van der Waals surface area contributed by atoms with E-state index in [4.69, 9.17) is 0 Å². The van der Waals surface area contributed by atoms with Crippen molar-refractivity contribution in [1.29, 1.82) is 0 Å². The Balaban J connectivity index is 1.71. The van der Waals surface area contributed by atoms with Crippen LogP contribution in [0.2, 0.25) is 0 Å². The van der Waals surface area contributed by atoms with Crippen molar-refractivity contribution in [2.45, 2.75) is 0 Å². The van der Waals surface area contributed by atoms with Crippen LogP contribution < -0.4 is 0 Å². The summed E-state index contributed by atoms with van der Waals surface area (Å²) in [5, 5.41) is 5.13. The number of hydrogen-bond acceptors (Lipinski definition) is 0. The van der Waals surface area contributed by atoms with Crippen LogP contribution in [-0.2, 0) is 0 Å². The van der Waals surface area contributed by atoms with E-state index in [9.17, 15) is 0 Å². The Morgan fingerprint density at radius 1 is 0.438 bits per heavy atom. The monoisotopic (exact) mass is 406 g/mol. The lowest BCUT2D eigenvalue weighted by Crippen LogP contribution is -1.96. The zero-order valence-electron chi connectivity index (χ0n) is 17.3. The number of nitrogens with one attached hydrogen (secondary N) is 1. The quantitative estimate of drug-likeness (QED) is 0.263. The Labute approximate surface area is 184 Å². The summed E-state index contributed by atoms with van der Waals surface area (Å²) in [6, 6.07) is 37.5. The number of aromatic amines is 1. The topological polar surface area (TPSA) is 20.7 Å². The van der Waals surface area contributed by atoms with E-state index in [1.807, 2.05) is 0 Å². The van der Waals surface area contributed by atoms with E-state index < -0.39 is 0 Å². The smallest absolute Gasteiger partial charge is 0.0783 e. The van der Waals surface area contributed by atoms with Crippen molar-refractivity contribution in [2.24, 2.45) is 0 Å². The molecule has 0 spiro atoms. The third-order valence-electron chi connectivity index (χ3n) is 7.08. The average molecular weight is 406 g/mol. The first-order valence-corrected chi connectivity index (χ1v) is 11.1. The molecule has 8 rings (SSSR count). The molecule has 0 bridgehead atoms. The molecule has 1 aliphatic rings. The van der Waals surface area contributed by atoms with E-state index in [0.717, 1.165) is 0 Å². The van der Waals surface area contributed by atoms with Crippen molar-refractivity contribution < 1.29 is 0 Å². The standard InChI is InChI=1S/C30H18N2/c1-2-9-19-18(8-1)21-11-4-6-15-27(21)32-29-23(19)12-7-13-24(29)25-17-16-22-20-10-3-5-14-26(20)31-28(22)30(25)32/h1-17,31H. The van der Waals surface area contributed by atoms with Crippen molar-refractivity contribution >= 4 is 43.6 Å². The zero-order valence-corrected chi connectivity index (χ0v) is 17.3. The summed E-state index contributed by atoms with van der Waals surface area (Å²) < 4.78 is 2.49. The molecule has 0 amide bonds. The summed E-state index contributed by atoms with van der Waals surface area (Å²) in [5.41, 5.74) is 11.3. The van der Waals surface area contributed by atoms with Gasteiger partial charge in [-0.1, -0.05) is 91.0 Å². The molecule has 2 nitrogen and oxygen atoms in total. The Morgan fingerprint density at radius 3 is 1.97 bits per heavy atom. The molecule has 0 aliphatic carbocycles. The number of para-hydroxylation sites is 3. The Kier molecular flexibility index (Phi) is 2.91. The first-order chi connectivity index (χ1) is 15.9. The highest BCUT2D eigenvalue weighted by Gasteiger charge is 2.25. The summed E-state index contributed by atoms with van der Waals surface area (Å²) in [6.07, 6.45) is 0. The van der Waals surface area contributed by atoms with Crippen LogP contribution in [0.4, 0.5) is 0 Å². The molecule has 3 heterocycles. The first kappa shape index (κ1) is 16.4. The maximum atomic E-state index is 3.75. The molecule has 1 N–H and O–H groups in total. The van der Waals surface area contributed by atoms with Gasteiger partial charge in [-0.25, -0.2) is 0 Å². The Morgan fingerprint density at radius 2 is 1.06 bits per heavy atom. The van der Waals surface area contributed by atoms with E-state index in [2.05, 4.69) is 113 Å². The molecule has 32 heavy (non-hydrogen) atoms. The fourth-order valence-electron chi connectivity index (χ4n) is 5.77. The van der Waals surface area contributed by atoms with Gasteiger partial charge >= 0.3 is 0 Å². The van der Waals surface area contributed by atoms with Gasteiger partial charge in [0.15, 0.2) is 0 Å². The van der Waals surface area contributed by atoms with Crippen LogP contribution >= 0.6 is 0 Å². The molecule has 148 valence electrons. The maximum absolute atomic E-state index is 3.75. The number of fused-ring (bicyclic) bond motifs is 12. The van der Waals surface area contributed by atoms with Crippen LogP contribution in [-0.4, -0.2) is 9.55 Å². The minimum absolute atomic E-state index is 1.18. The lowest BCUT2D eigenvalue weighted by molar-refractivity contribution is 1.19. The van der Waals surface area contributed by atoms with Gasteiger partial charge in [-0.05, 0) is 23.3 Å². The zero-order chi connectivity index (χ0) is 20.8. The predicted octanol–water partition coefficient (Wildman–Crippen LogP) is 8.07. The van der Waals surface area contributed by atoms with Crippen molar-refractivity contribution in [3.8, 4) is 27.9 Å². The van der Waals surface area contributed by atoms with Crippen molar-refractivity contribution in [3.05, 3.63) is 103 Å². The second-order valence-electron chi connectivity index (χ2n) is 8.65. The normalized spacial score (nSPS) is 12.4. The molecular weight excluding hydrogens is 388 g/mol. The summed E-state index contributed by atoms with van der Waals surface area (Å²) in [4.78, 5) is 3.75. The van der Waals surface area contributed by atoms with Gasteiger partial charge in [-0.2, -0.15) is 0 Å². The van der Waals surface area contributed by atoms with Crippen molar-refractivity contribution in [3.63, 3.8) is 0 Å². The molecule has 0 fully saturated rings. The maximum Gasteiger partial charge on any atom is 0.0783 e. The minimum atomic E-state index is 1.18. The van der Waals surface area contributed by atoms with E-state index in [1.165, 1.54) is 71.6 Å². The highest BCUT2D eigenvalue weighted by atomic mass is 15.0. The molecular formula is C30H18N2. The number of benzene rings is 5. The second-order valence-corrected chi connectivity index (χ2v) is 8.65. The molecule has 0 saturated heterocycles. The lowest BCUT2D eigenvalue weighted by Gasteiger charge is -2.12. The van der Waals surface area contributed by atoms with Crippen LogP contribution in [0.1, 0.15) is 0 Å². The van der Waals surface area contributed by atoms with Crippen molar-refractivity contribution in [2.75, 3.05) is 0 Å². The van der Waals surface area contributed by atoms with Crippen LogP contribution in [0.15, 0.2) is 103 Å². The molecule has 1 aliphatic heterocycles. The number of hydrogen-bond donors (Lipinski definition) is 1. The van der Waals surface area contributed by atoms with Crippen LogP contribution in [0.3, 0.4) is 0 Å². The third-order valence-corrected chi connectivity index (χ3v) is 7.08. The van der Waals surface area contributed by atoms with Gasteiger partial charge in [-0.15, -0.1) is 0 Å². The number of nitrogens with zero attached hydrogens (tertiary/aromatic N) is 1. The number of aromatic nitrogens is 2. The van der Waals surface area contributed by atoms with Crippen molar-refractivity contribution in [1.82, 2.24) is 9.55 Å². The van der Waals surface area contributed by atoms with Crippen LogP contribution in [0, 0.1) is 0 Å². The van der Waals surface area contributed by atoms with Gasteiger partial charge in [0.1, 0.15) is 0 Å². The Hall–Kier alpha value is -4.30. The van der Waals surface area contributed by atoms with Gasteiger partial charge in [0, 0.05) is 38.2 Å². The highest BCUT2D eigenvalue weighted by Crippen LogP contribution is 2.47. The highest BCUT2D eigenvalue weighted by molar-refractivity contribution is 6.25. The first-order valence-electron chi connectivity index (χ1n) is 11.1. The van der Waals surface area contributed by atoms with Gasteiger partial charge in [0.2, 0.25) is 0 Å². The van der Waals surface area contributed by atoms with E-state index in [-0.39, 0.29) is 0 Å². The molecule has 0 unspecified atom stereocenters. The SMILES string of the molecule is c1ccc2c(c1)-c1ccccc1-n1c3c-2cccc3c2ccc3c4ccccc4[nH]c3c21. The van der Waals surface area contributed by atoms with Crippen LogP contribution in [0.5, 0.6) is 0 Å². The van der Waals surface area contributed by atoms with Gasteiger partial charge in [0.25, 0.3) is 0 Å². The van der Waals surface area contributed by atoms with Crippen LogP contribution in [0.25, 0.3) is 71.6 Å². The fourth-order valence-corrected chi connectivity index (χ4v) is 5.77. The molecule has 0 saturated carbocycles. The summed E-state index contributed by atoms with van der Waals surface area (Å²) in [6.45, 7) is 0. The summed E-state index contributed by atoms with van der Waals surface area (Å²) >= 11 is 0. The largest absolute Gasteiger partial charge is 0.353 e. The fraction of sp³-hybridized carbons (Fsp3) is 0. The van der Waals surface area contributed by atoms with Gasteiger partial charge in [0.05, 0.1) is 22.2 Å². The van der Waals surface area contributed by atoms with Gasteiger partial charge < -0.3 is 9.55 Å². The predicted molar refractivity (Wildman–Crippen MR) is 135 cm³/mol. The molecule has 0 atom stereocenters. The van der Waals surface area contributed by atoms with E-state index in [0.29, 0.717) is 0 Å². The lowest BCUT2D eigenvalue weighted by atomic mass is 9.94. The average Bonchev–Trinajstić information content (AvgIpc) is 3.36. The summed E-state index contributed by atoms with van der Waals surface area (Å²) in [7, 11) is 0. The number of H-pyrrole nitrogens is 1. The number of rotatable bonds is 0. The van der Waals surface area contributed by atoms with E-state index >= 15 is 0 Å². The molecule has 2 heteroatoms. The third kappa shape index (κ3) is 1.86. The molecule has 0 radical (unpaired) electrons. The van der Waals surface area contributed by atoms with E-state index in [1.54, 1.807) is 0 Å². The molecule has 5 aromatic carbocycles.